The van der Waals surface area contributed by atoms with E-state index >= 15 is 0 Å². The number of amides is 1. The molecule has 0 saturated carbocycles. The van der Waals surface area contributed by atoms with Gasteiger partial charge in [0, 0.05) is 5.56 Å². The fourth-order valence-corrected chi connectivity index (χ4v) is 5.51. The number of benzene rings is 2. The molecular formula is C32H34N2O8S. The quantitative estimate of drug-likeness (QED) is 0.0887. The van der Waals surface area contributed by atoms with Crippen LogP contribution in [0.2, 0.25) is 0 Å². The van der Waals surface area contributed by atoms with Gasteiger partial charge in [0.1, 0.15) is 23.0 Å². The number of hydrogen-bond acceptors (Lipinski definition) is 10. The minimum atomic E-state index is -1.10. The lowest BCUT2D eigenvalue weighted by Crippen LogP contribution is -2.29. The number of thiazole rings is 1. The Bertz CT molecular complexity index is 1570. The van der Waals surface area contributed by atoms with E-state index in [9.17, 15) is 19.5 Å². The van der Waals surface area contributed by atoms with Gasteiger partial charge in [0.2, 0.25) is 0 Å². The first-order valence-electron chi connectivity index (χ1n) is 13.6. The molecule has 1 fully saturated rings. The van der Waals surface area contributed by atoms with Crippen LogP contribution in [-0.2, 0) is 14.3 Å². The van der Waals surface area contributed by atoms with Crippen molar-refractivity contribution < 1.29 is 38.4 Å². The van der Waals surface area contributed by atoms with Gasteiger partial charge in [-0.05, 0) is 49.1 Å². The topological polar surface area (TPSA) is 124 Å². The molecule has 1 aliphatic rings. The van der Waals surface area contributed by atoms with E-state index in [1.807, 2.05) is 0 Å². The second-order valence-corrected chi connectivity index (χ2v) is 11.1. The van der Waals surface area contributed by atoms with E-state index in [2.05, 4.69) is 25.4 Å². The standard InChI is InChI=1S/C32H34N2O8S/c1-7-14-42-31(38)29-19(4)33-32(43-29)34-26(20-11-12-23(24(17-20)40-6)41-15-13-18(2)3)25(28(36)30(34)37)27(35)21-9-8-10-22(16-21)39-5/h7-12,16-18,26,35H,1,13-15H2,2-6H3. The lowest BCUT2D eigenvalue weighted by molar-refractivity contribution is -0.132. The number of esters is 1. The van der Waals surface area contributed by atoms with Gasteiger partial charge in [0.25, 0.3) is 5.78 Å². The highest BCUT2D eigenvalue weighted by molar-refractivity contribution is 7.17. The summed E-state index contributed by atoms with van der Waals surface area (Å²) in [6.45, 7) is 9.83. The molecule has 1 unspecified atom stereocenters. The van der Waals surface area contributed by atoms with E-state index in [4.69, 9.17) is 18.9 Å². The van der Waals surface area contributed by atoms with Crippen LogP contribution in [0, 0.1) is 12.8 Å². The lowest BCUT2D eigenvalue weighted by Gasteiger charge is -2.24. The number of nitrogens with zero attached hydrogens (tertiary/aromatic N) is 2. The second-order valence-electron chi connectivity index (χ2n) is 10.1. The number of hydrogen-bond donors (Lipinski definition) is 1. The van der Waals surface area contributed by atoms with Gasteiger partial charge in [0.15, 0.2) is 16.6 Å². The number of aliphatic hydroxyl groups excluding tert-OH is 1. The number of ether oxygens (including phenoxy) is 4. The molecule has 43 heavy (non-hydrogen) atoms. The summed E-state index contributed by atoms with van der Waals surface area (Å²) >= 11 is 0.915. The van der Waals surface area contributed by atoms with Crippen LogP contribution < -0.4 is 19.1 Å². The average Bonchev–Trinajstić information content (AvgIpc) is 3.51. The fourth-order valence-electron chi connectivity index (χ4n) is 4.52. The SMILES string of the molecule is C=CCOC(=O)c1sc(N2C(=O)C(=O)C(=C(O)c3cccc(OC)c3)C2c2ccc(OCCC(C)C)c(OC)c2)nc1C. The van der Waals surface area contributed by atoms with E-state index in [0.717, 1.165) is 17.8 Å². The monoisotopic (exact) mass is 606 g/mol. The summed E-state index contributed by atoms with van der Waals surface area (Å²) < 4.78 is 22.0. The molecule has 1 saturated heterocycles. The molecule has 0 radical (unpaired) electrons. The minimum Gasteiger partial charge on any atom is -0.507 e. The first-order chi connectivity index (χ1) is 20.6. The highest BCUT2D eigenvalue weighted by Gasteiger charge is 2.48. The Morgan fingerprint density at radius 3 is 2.58 bits per heavy atom. The second kappa shape index (κ2) is 13.6. The summed E-state index contributed by atoms with van der Waals surface area (Å²) in [5, 5.41) is 11.6. The van der Waals surface area contributed by atoms with Crippen LogP contribution in [0.4, 0.5) is 5.13 Å². The molecule has 4 rings (SSSR count). The summed E-state index contributed by atoms with van der Waals surface area (Å²) in [4.78, 5) is 45.7. The van der Waals surface area contributed by atoms with Crippen molar-refractivity contribution in [2.24, 2.45) is 5.92 Å². The van der Waals surface area contributed by atoms with Crippen LogP contribution in [0.5, 0.6) is 17.2 Å². The summed E-state index contributed by atoms with van der Waals surface area (Å²) in [6, 6.07) is 10.5. The third kappa shape index (κ3) is 6.56. The smallest absolute Gasteiger partial charge is 0.350 e. The van der Waals surface area contributed by atoms with Crippen molar-refractivity contribution in [2.45, 2.75) is 33.2 Å². The highest BCUT2D eigenvalue weighted by atomic mass is 32.1. The first kappa shape index (κ1) is 31.3. The van der Waals surface area contributed by atoms with Crippen molar-refractivity contribution in [3.63, 3.8) is 0 Å². The molecule has 10 nitrogen and oxygen atoms in total. The Balaban J connectivity index is 1.88. The molecular weight excluding hydrogens is 572 g/mol. The zero-order valence-corrected chi connectivity index (χ0v) is 25.5. The Labute approximate surface area is 254 Å². The predicted octanol–water partition coefficient (Wildman–Crippen LogP) is 5.86. The van der Waals surface area contributed by atoms with Gasteiger partial charge in [-0.3, -0.25) is 14.5 Å². The number of anilines is 1. The molecule has 0 bridgehead atoms. The maximum atomic E-state index is 13.6. The molecule has 11 heteroatoms. The molecule has 2 aromatic carbocycles. The van der Waals surface area contributed by atoms with E-state index < -0.39 is 23.7 Å². The number of Topliss-reactive ketones (excluding diaryl/α,β-unsaturated/α-hetero) is 1. The number of carbonyl (C=O) groups excluding carboxylic acids is 3. The number of ketones is 1. The summed E-state index contributed by atoms with van der Waals surface area (Å²) in [7, 11) is 2.98. The average molecular weight is 607 g/mol. The van der Waals surface area contributed by atoms with Gasteiger partial charge < -0.3 is 24.1 Å². The number of aryl methyl sites for hydroxylation is 1. The predicted molar refractivity (Wildman–Crippen MR) is 163 cm³/mol. The molecule has 0 aliphatic carbocycles. The number of aromatic nitrogens is 1. The molecule has 1 aliphatic heterocycles. The zero-order valence-electron chi connectivity index (χ0n) is 24.7. The van der Waals surface area contributed by atoms with Crippen LogP contribution in [0.25, 0.3) is 5.76 Å². The maximum absolute atomic E-state index is 13.6. The minimum absolute atomic E-state index is 0.00193. The zero-order chi connectivity index (χ0) is 31.3. The molecule has 1 amide bonds. The fraction of sp³-hybridized carbons (Fsp3) is 0.312. The van der Waals surface area contributed by atoms with Crippen LogP contribution in [0.3, 0.4) is 0 Å². The Hall–Kier alpha value is -4.64. The maximum Gasteiger partial charge on any atom is 0.350 e. The number of methoxy groups -OCH3 is 2. The van der Waals surface area contributed by atoms with Gasteiger partial charge in [-0.1, -0.05) is 56.0 Å². The van der Waals surface area contributed by atoms with Crippen molar-refractivity contribution in [1.82, 2.24) is 4.98 Å². The van der Waals surface area contributed by atoms with E-state index in [1.165, 1.54) is 25.2 Å². The van der Waals surface area contributed by atoms with Crippen LogP contribution >= 0.6 is 11.3 Å². The summed E-state index contributed by atoms with van der Waals surface area (Å²) in [5.41, 5.74) is 0.915. The van der Waals surface area contributed by atoms with Gasteiger partial charge in [-0.2, -0.15) is 0 Å². The van der Waals surface area contributed by atoms with Gasteiger partial charge in [-0.25, -0.2) is 9.78 Å². The molecule has 1 atom stereocenters. The van der Waals surface area contributed by atoms with E-state index in [-0.39, 0.29) is 33.5 Å². The Morgan fingerprint density at radius 1 is 1.14 bits per heavy atom. The van der Waals surface area contributed by atoms with E-state index in [1.54, 1.807) is 49.4 Å². The molecule has 2 heterocycles. The molecule has 1 N–H and O–H groups in total. The van der Waals surface area contributed by atoms with Crippen LogP contribution in [0.1, 0.15) is 52.8 Å². The third-order valence-corrected chi connectivity index (χ3v) is 7.89. The molecule has 226 valence electrons. The summed E-state index contributed by atoms with van der Waals surface area (Å²) in [5.74, 6) is -1.06. The van der Waals surface area contributed by atoms with Crippen molar-refractivity contribution in [2.75, 3.05) is 32.3 Å². The van der Waals surface area contributed by atoms with Crippen LogP contribution in [-0.4, -0.2) is 55.2 Å². The van der Waals surface area contributed by atoms with Crippen molar-refractivity contribution >= 4 is 39.9 Å². The Kier molecular flexibility index (Phi) is 9.87. The third-order valence-electron chi connectivity index (χ3n) is 6.75. The largest absolute Gasteiger partial charge is 0.507 e. The molecule has 0 spiro atoms. The Morgan fingerprint density at radius 2 is 1.91 bits per heavy atom. The molecule has 3 aromatic rings. The van der Waals surface area contributed by atoms with Gasteiger partial charge >= 0.3 is 11.9 Å². The van der Waals surface area contributed by atoms with Gasteiger partial charge in [0.05, 0.1) is 38.1 Å². The normalized spacial score (nSPS) is 16.0. The van der Waals surface area contributed by atoms with E-state index in [0.29, 0.717) is 41.0 Å². The summed E-state index contributed by atoms with van der Waals surface area (Å²) in [6.07, 6.45) is 2.28. The number of carbonyl (C=O) groups is 3. The number of aliphatic hydroxyl groups is 1. The first-order valence-corrected chi connectivity index (χ1v) is 14.4. The van der Waals surface area contributed by atoms with Crippen molar-refractivity contribution in [3.05, 3.63) is 82.4 Å². The number of rotatable bonds is 12. The van der Waals surface area contributed by atoms with Crippen molar-refractivity contribution in [1.29, 1.82) is 0 Å². The lowest BCUT2D eigenvalue weighted by atomic mass is 9.95. The van der Waals surface area contributed by atoms with Crippen molar-refractivity contribution in [3.8, 4) is 17.2 Å². The molecule has 1 aromatic heterocycles. The highest BCUT2D eigenvalue weighted by Crippen LogP contribution is 2.45. The van der Waals surface area contributed by atoms with Gasteiger partial charge in [-0.15, -0.1) is 0 Å². The van der Waals surface area contributed by atoms with Crippen LogP contribution in [0.15, 0.2) is 60.7 Å².